The minimum Gasteiger partial charge on any atom is -0.322 e. The Kier molecular flexibility index (Phi) is 7.22. The van der Waals surface area contributed by atoms with E-state index in [9.17, 15) is 9.59 Å². The number of thioether (sulfide) groups is 1. The van der Waals surface area contributed by atoms with Crippen molar-refractivity contribution in [2.75, 3.05) is 34.8 Å². The van der Waals surface area contributed by atoms with Crippen LogP contribution in [-0.4, -0.2) is 47.4 Å². The highest BCUT2D eigenvalue weighted by Crippen LogP contribution is 2.32. The maximum Gasteiger partial charge on any atom is 0.258 e. The van der Waals surface area contributed by atoms with E-state index in [2.05, 4.69) is 28.4 Å². The fourth-order valence-electron chi connectivity index (χ4n) is 5.57. The van der Waals surface area contributed by atoms with Gasteiger partial charge in [-0.05, 0) is 59.5 Å². The standard InChI is InChI=1S/C33H31N3O2S/c1-23-19-26(34-32(37)30-13-7-6-12-29(30)24-9-3-2-4-10-24)15-16-28(23)33(38)36-21-27-22-39-18-17-35(27)20-25-11-5-8-14-31(25)36/h2-16,19,27H,17-18,20-22H2,1H3,(H,34,37). The van der Waals surface area contributed by atoms with Gasteiger partial charge in [0.2, 0.25) is 0 Å². The number of nitrogens with one attached hydrogen (secondary N) is 1. The minimum absolute atomic E-state index is 0.00433. The number of fused-ring (bicyclic) bond motifs is 2. The second kappa shape index (κ2) is 11.1. The number of benzene rings is 4. The summed E-state index contributed by atoms with van der Waals surface area (Å²) < 4.78 is 0. The number of hydrogen-bond donors (Lipinski definition) is 1. The molecule has 0 saturated carbocycles. The van der Waals surface area contributed by atoms with E-state index in [1.54, 1.807) is 0 Å². The summed E-state index contributed by atoms with van der Waals surface area (Å²) >= 11 is 1.97. The molecule has 6 rings (SSSR count). The van der Waals surface area contributed by atoms with Crippen LogP contribution in [0.25, 0.3) is 11.1 Å². The number of rotatable bonds is 4. The van der Waals surface area contributed by atoms with Crippen LogP contribution in [0.3, 0.4) is 0 Å². The zero-order valence-electron chi connectivity index (χ0n) is 22.0. The Hall–Kier alpha value is -3.87. The van der Waals surface area contributed by atoms with Crippen molar-refractivity contribution in [2.24, 2.45) is 0 Å². The van der Waals surface area contributed by atoms with Crippen molar-refractivity contribution >= 4 is 35.0 Å². The van der Waals surface area contributed by atoms with Gasteiger partial charge in [-0.25, -0.2) is 0 Å². The predicted octanol–water partition coefficient (Wildman–Crippen LogP) is 6.49. The average molecular weight is 534 g/mol. The molecule has 2 aliphatic heterocycles. The summed E-state index contributed by atoms with van der Waals surface area (Å²) in [5, 5.41) is 3.04. The SMILES string of the molecule is Cc1cc(NC(=O)c2ccccc2-c2ccccc2)ccc1C(=O)N1CC2CSCCN2Cc2ccccc21. The lowest BCUT2D eigenvalue weighted by atomic mass is 9.99. The Balaban J connectivity index is 1.25. The summed E-state index contributed by atoms with van der Waals surface area (Å²) in [5.74, 6) is 2.00. The van der Waals surface area contributed by atoms with Crippen molar-refractivity contribution in [2.45, 2.75) is 19.5 Å². The van der Waals surface area contributed by atoms with E-state index in [4.69, 9.17) is 0 Å². The fraction of sp³-hybridized carbons (Fsp3) is 0.212. The van der Waals surface area contributed by atoms with Crippen molar-refractivity contribution in [3.63, 3.8) is 0 Å². The summed E-state index contributed by atoms with van der Waals surface area (Å²) in [4.78, 5) is 31.8. The predicted molar refractivity (Wildman–Crippen MR) is 161 cm³/mol. The molecule has 4 aromatic rings. The lowest BCUT2D eigenvalue weighted by Crippen LogP contribution is -2.48. The minimum atomic E-state index is -0.177. The highest BCUT2D eigenvalue weighted by Gasteiger charge is 2.33. The third kappa shape index (κ3) is 5.22. The normalized spacial score (nSPS) is 17.1. The van der Waals surface area contributed by atoms with Crippen LogP contribution < -0.4 is 10.2 Å². The van der Waals surface area contributed by atoms with Gasteiger partial charge in [-0.1, -0.05) is 66.7 Å². The number of nitrogens with zero attached hydrogens (tertiary/aromatic N) is 2. The molecule has 1 atom stereocenters. The van der Waals surface area contributed by atoms with Crippen LogP contribution in [0.2, 0.25) is 0 Å². The zero-order chi connectivity index (χ0) is 26.8. The Morgan fingerprint density at radius 1 is 0.872 bits per heavy atom. The van der Waals surface area contributed by atoms with Gasteiger partial charge in [0.05, 0.1) is 0 Å². The maximum atomic E-state index is 14.0. The summed E-state index contributed by atoms with van der Waals surface area (Å²) in [6.07, 6.45) is 0. The van der Waals surface area contributed by atoms with E-state index in [0.717, 1.165) is 47.0 Å². The van der Waals surface area contributed by atoms with Crippen LogP contribution in [0, 0.1) is 6.92 Å². The summed E-state index contributed by atoms with van der Waals surface area (Å²) in [5.41, 5.74) is 6.84. The van der Waals surface area contributed by atoms with Crippen molar-refractivity contribution in [3.8, 4) is 11.1 Å². The average Bonchev–Trinajstić information content (AvgIpc) is 3.14. The largest absolute Gasteiger partial charge is 0.322 e. The van der Waals surface area contributed by atoms with Crippen LogP contribution in [-0.2, 0) is 6.54 Å². The smallest absolute Gasteiger partial charge is 0.258 e. The van der Waals surface area contributed by atoms with Crippen molar-refractivity contribution < 1.29 is 9.59 Å². The van der Waals surface area contributed by atoms with Gasteiger partial charge in [0.15, 0.2) is 0 Å². The number of aryl methyl sites for hydroxylation is 1. The topological polar surface area (TPSA) is 52.7 Å². The third-order valence-corrected chi connectivity index (χ3v) is 8.71. The van der Waals surface area contributed by atoms with Gasteiger partial charge in [0, 0.05) is 59.7 Å². The molecule has 39 heavy (non-hydrogen) atoms. The molecule has 1 saturated heterocycles. The van der Waals surface area contributed by atoms with E-state index >= 15 is 0 Å². The monoisotopic (exact) mass is 533 g/mol. The first kappa shape index (κ1) is 25.4. The first-order valence-electron chi connectivity index (χ1n) is 13.4. The van der Waals surface area contributed by atoms with Crippen LogP contribution in [0.4, 0.5) is 11.4 Å². The van der Waals surface area contributed by atoms with Gasteiger partial charge in [0.25, 0.3) is 11.8 Å². The Bertz CT molecular complexity index is 1520. The fourth-order valence-corrected chi connectivity index (χ4v) is 6.69. The quantitative estimate of drug-likeness (QED) is 0.326. The molecule has 6 heteroatoms. The summed E-state index contributed by atoms with van der Waals surface area (Å²) in [6.45, 7) is 4.54. The first-order valence-corrected chi connectivity index (χ1v) is 14.5. The molecule has 196 valence electrons. The second-order valence-corrected chi connectivity index (χ2v) is 11.3. The summed E-state index contributed by atoms with van der Waals surface area (Å²) in [7, 11) is 0. The van der Waals surface area contributed by atoms with E-state index in [1.807, 2.05) is 102 Å². The van der Waals surface area contributed by atoms with Gasteiger partial charge >= 0.3 is 0 Å². The maximum absolute atomic E-state index is 14.0. The zero-order valence-corrected chi connectivity index (χ0v) is 22.8. The molecular formula is C33H31N3O2S. The molecule has 1 unspecified atom stereocenters. The number of anilines is 2. The molecule has 2 amide bonds. The van der Waals surface area contributed by atoms with Gasteiger partial charge < -0.3 is 10.2 Å². The third-order valence-electron chi connectivity index (χ3n) is 7.61. The molecule has 5 nitrogen and oxygen atoms in total. The molecular weight excluding hydrogens is 502 g/mol. The van der Waals surface area contributed by atoms with E-state index in [-0.39, 0.29) is 11.8 Å². The van der Waals surface area contributed by atoms with Crippen molar-refractivity contribution in [1.29, 1.82) is 0 Å². The lowest BCUT2D eigenvalue weighted by Gasteiger charge is -2.35. The Labute approximate surface area is 233 Å². The molecule has 0 radical (unpaired) electrons. The molecule has 0 spiro atoms. The molecule has 0 aromatic heterocycles. The lowest BCUT2D eigenvalue weighted by molar-refractivity contribution is 0.0977. The highest BCUT2D eigenvalue weighted by atomic mass is 32.2. The first-order chi connectivity index (χ1) is 19.1. The van der Waals surface area contributed by atoms with E-state index in [1.165, 1.54) is 5.56 Å². The molecule has 0 aliphatic carbocycles. The molecule has 1 N–H and O–H groups in total. The van der Waals surface area contributed by atoms with Gasteiger partial charge in [-0.3, -0.25) is 14.5 Å². The molecule has 2 aliphatic rings. The number of para-hydroxylation sites is 1. The van der Waals surface area contributed by atoms with Gasteiger partial charge in [-0.15, -0.1) is 0 Å². The van der Waals surface area contributed by atoms with Crippen LogP contribution in [0.1, 0.15) is 31.8 Å². The number of carbonyl (C=O) groups excluding carboxylic acids is 2. The Morgan fingerprint density at radius 2 is 1.64 bits per heavy atom. The van der Waals surface area contributed by atoms with Crippen molar-refractivity contribution in [1.82, 2.24) is 4.90 Å². The number of amides is 2. The van der Waals surface area contributed by atoms with Gasteiger partial charge in [-0.2, -0.15) is 11.8 Å². The van der Waals surface area contributed by atoms with E-state index in [0.29, 0.717) is 29.4 Å². The van der Waals surface area contributed by atoms with Gasteiger partial charge in [0.1, 0.15) is 0 Å². The number of carbonyl (C=O) groups is 2. The number of hydrogen-bond acceptors (Lipinski definition) is 4. The molecule has 2 heterocycles. The van der Waals surface area contributed by atoms with Crippen LogP contribution >= 0.6 is 11.8 Å². The van der Waals surface area contributed by atoms with Crippen LogP contribution in [0.15, 0.2) is 97.1 Å². The van der Waals surface area contributed by atoms with Crippen LogP contribution in [0.5, 0.6) is 0 Å². The van der Waals surface area contributed by atoms with Crippen molar-refractivity contribution in [3.05, 3.63) is 119 Å². The molecule has 4 aromatic carbocycles. The second-order valence-electron chi connectivity index (χ2n) is 10.1. The molecule has 0 bridgehead atoms. The molecule has 1 fully saturated rings. The van der Waals surface area contributed by atoms with E-state index < -0.39 is 0 Å². The summed E-state index contributed by atoms with van der Waals surface area (Å²) in [6, 6.07) is 31.7. The highest BCUT2D eigenvalue weighted by molar-refractivity contribution is 7.99. The Morgan fingerprint density at radius 3 is 2.49 bits per heavy atom.